The molecule has 2 aromatic carbocycles. The molecular formula is C25H21FI2N2O4S. The molecule has 6 nitrogen and oxygen atoms in total. The molecule has 3 aromatic rings. The largest absolute Gasteiger partial charge is 0.492 e. The minimum atomic E-state index is -0.770. The van der Waals surface area contributed by atoms with Gasteiger partial charge in [-0.05, 0) is 107 Å². The number of esters is 1. The summed E-state index contributed by atoms with van der Waals surface area (Å²) in [6.07, 6.45) is 1.81. The van der Waals surface area contributed by atoms with E-state index in [0.29, 0.717) is 27.2 Å². The number of aromatic nitrogens is 1. The van der Waals surface area contributed by atoms with Crippen molar-refractivity contribution in [3.63, 3.8) is 0 Å². The van der Waals surface area contributed by atoms with Crippen molar-refractivity contribution in [2.45, 2.75) is 26.8 Å². The maximum atomic E-state index is 13.7. The Bertz CT molecular complexity index is 1490. The lowest BCUT2D eigenvalue weighted by Gasteiger charge is -2.24. The van der Waals surface area contributed by atoms with Gasteiger partial charge in [-0.15, -0.1) is 0 Å². The molecule has 182 valence electrons. The monoisotopic (exact) mass is 718 g/mol. The van der Waals surface area contributed by atoms with Gasteiger partial charge in [0.05, 0.1) is 42.2 Å². The fourth-order valence-corrected chi connectivity index (χ4v) is 7.02. The molecule has 4 rings (SSSR count). The standard InChI is InChI=1S/C25H21FI2N2O4S/c1-4-33-22-17(27)10-14(11-18(22)28)12-19-23(31)30-21(15-6-8-16(26)9-7-15)20(24(32)34-5-2)13(3)29-25(30)35-19/h6-12,21H,4-5H2,1-3H3/b19-12-/t21-/m0/s1. The zero-order chi connectivity index (χ0) is 25.3. The quantitative estimate of drug-likeness (QED) is 0.278. The SMILES string of the molecule is CCOC(=O)C1=C(C)N=c2s/c(=C\c3cc(I)c(OCC)c(I)c3)c(=O)n2[C@H]1c1ccc(F)cc1. The van der Waals surface area contributed by atoms with E-state index in [1.165, 1.54) is 28.0 Å². The number of hydrogen-bond donors (Lipinski definition) is 0. The molecule has 0 aliphatic carbocycles. The van der Waals surface area contributed by atoms with Gasteiger partial charge in [0.1, 0.15) is 11.6 Å². The first-order valence-electron chi connectivity index (χ1n) is 10.8. The maximum absolute atomic E-state index is 13.7. The fraction of sp³-hybridized carbons (Fsp3) is 0.240. The Morgan fingerprint density at radius 1 is 1.17 bits per heavy atom. The molecule has 1 atom stereocenters. The summed E-state index contributed by atoms with van der Waals surface area (Å²) in [5.74, 6) is -0.134. The van der Waals surface area contributed by atoms with Crippen LogP contribution in [0.4, 0.5) is 4.39 Å². The molecule has 0 saturated carbocycles. The summed E-state index contributed by atoms with van der Waals surface area (Å²) in [7, 11) is 0. The van der Waals surface area contributed by atoms with E-state index < -0.39 is 17.8 Å². The lowest BCUT2D eigenvalue weighted by molar-refractivity contribution is -0.139. The molecule has 0 unspecified atom stereocenters. The summed E-state index contributed by atoms with van der Waals surface area (Å²) in [5.41, 5.74) is 1.91. The van der Waals surface area contributed by atoms with Crippen molar-refractivity contribution in [2.24, 2.45) is 4.99 Å². The first-order chi connectivity index (χ1) is 16.7. The summed E-state index contributed by atoms with van der Waals surface area (Å²) < 4.78 is 28.5. The molecule has 0 bridgehead atoms. The third-order valence-corrected chi connectivity index (χ3v) is 7.90. The molecule has 35 heavy (non-hydrogen) atoms. The molecule has 0 N–H and O–H groups in total. The Labute approximate surface area is 232 Å². The van der Waals surface area contributed by atoms with Gasteiger partial charge in [0.2, 0.25) is 0 Å². The van der Waals surface area contributed by atoms with Gasteiger partial charge in [-0.1, -0.05) is 23.5 Å². The highest BCUT2D eigenvalue weighted by atomic mass is 127. The van der Waals surface area contributed by atoms with Gasteiger partial charge in [0.15, 0.2) is 4.80 Å². The number of hydrogen-bond acceptors (Lipinski definition) is 6. The minimum Gasteiger partial charge on any atom is -0.492 e. The van der Waals surface area contributed by atoms with Crippen LogP contribution >= 0.6 is 56.5 Å². The second kappa shape index (κ2) is 10.9. The van der Waals surface area contributed by atoms with Gasteiger partial charge >= 0.3 is 5.97 Å². The predicted molar refractivity (Wildman–Crippen MR) is 150 cm³/mol. The van der Waals surface area contributed by atoms with E-state index in [9.17, 15) is 14.0 Å². The van der Waals surface area contributed by atoms with Crippen molar-refractivity contribution in [2.75, 3.05) is 13.2 Å². The molecular weight excluding hydrogens is 697 g/mol. The number of thiazole rings is 1. The van der Waals surface area contributed by atoms with Crippen molar-refractivity contribution in [1.82, 2.24) is 4.57 Å². The number of carbonyl (C=O) groups is 1. The molecule has 2 heterocycles. The summed E-state index contributed by atoms with van der Waals surface area (Å²) in [5, 5.41) is 0. The molecule has 1 aliphatic heterocycles. The van der Waals surface area contributed by atoms with Crippen LogP contribution in [-0.2, 0) is 9.53 Å². The number of halogens is 3. The molecule has 1 aromatic heterocycles. The number of rotatable bonds is 6. The zero-order valence-corrected chi connectivity index (χ0v) is 24.2. The number of carbonyl (C=O) groups excluding carboxylic acids is 1. The van der Waals surface area contributed by atoms with Crippen LogP contribution in [0.25, 0.3) is 6.08 Å². The van der Waals surface area contributed by atoms with Gasteiger partial charge < -0.3 is 9.47 Å². The number of ether oxygens (including phenoxy) is 2. The highest BCUT2D eigenvalue weighted by Crippen LogP contribution is 2.31. The van der Waals surface area contributed by atoms with Gasteiger partial charge in [-0.25, -0.2) is 14.2 Å². The number of nitrogens with zero attached hydrogens (tertiary/aromatic N) is 2. The average molecular weight is 718 g/mol. The van der Waals surface area contributed by atoms with Gasteiger partial charge in [-0.3, -0.25) is 9.36 Å². The Balaban J connectivity index is 1.91. The summed E-state index contributed by atoms with van der Waals surface area (Å²) in [6.45, 7) is 6.12. The Morgan fingerprint density at radius 3 is 2.43 bits per heavy atom. The van der Waals surface area contributed by atoms with E-state index >= 15 is 0 Å². The Kier molecular flexibility index (Phi) is 8.11. The zero-order valence-electron chi connectivity index (χ0n) is 19.1. The van der Waals surface area contributed by atoms with E-state index in [4.69, 9.17) is 9.47 Å². The predicted octanol–water partition coefficient (Wildman–Crippen LogP) is 4.55. The third-order valence-electron chi connectivity index (χ3n) is 5.31. The van der Waals surface area contributed by atoms with Gasteiger partial charge in [-0.2, -0.15) is 0 Å². The van der Waals surface area contributed by atoms with E-state index in [1.54, 1.807) is 26.0 Å². The number of fused-ring (bicyclic) bond motifs is 1. The first kappa shape index (κ1) is 26.0. The molecule has 0 spiro atoms. The first-order valence-corrected chi connectivity index (χ1v) is 13.8. The summed E-state index contributed by atoms with van der Waals surface area (Å²) >= 11 is 5.69. The van der Waals surface area contributed by atoms with E-state index in [-0.39, 0.29) is 17.7 Å². The second-order valence-corrected chi connectivity index (χ2v) is 10.9. The summed E-state index contributed by atoms with van der Waals surface area (Å²) in [6, 6.07) is 8.92. The smallest absolute Gasteiger partial charge is 0.338 e. The maximum Gasteiger partial charge on any atom is 0.338 e. The minimum absolute atomic E-state index is 0.186. The number of benzene rings is 2. The average Bonchev–Trinajstić information content (AvgIpc) is 3.10. The summed E-state index contributed by atoms with van der Waals surface area (Å²) in [4.78, 5) is 31.6. The van der Waals surface area contributed by atoms with Crippen LogP contribution < -0.4 is 19.6 Å². The number of allylic oxidation sites excluding steroid dienone is 1. The van der Waals surface area contributed by atoms with Crippen LogP contribution in [0.3, 0.4) is 0 Å². The van der Waals surface area contributed by atoms with E-state index in [0.717, 1.165) is 18.5 Å². The highest BCUT2D eigenvalue weighted by Gasteiger charge is 2.33. The van der Waals surface area contributed by atoms with Crippen LogP contribution in [0.2, 0.25) is 0 Å². The Hall–Kier alpha value is -2.06. The highest BCUT2D eigenvalue weighted by molar-refractivity contribution is 14.1. The molecule has 0 saturated heterocycles. The molecule has 1 aliphatic rings. The van der Waals surface area contributed by atoms with Crippen molar-refractivity contribution in [3.05, 3.63) is 91.4 Å². The second-order valence-electron chi connectivity index (χ2n) is 7.60. The topological polar surface area (TPSA) is 69.9 Å². The van der Waals surface area contributed by atoms with Crippen LogP contribution in [0.5, 0.6) is 5.75 Å². The van der Waals surface area contributed by atoms with Gasteiger partial charge in [0.25, 0.3) is 5.56 Å². The Morgan fingerprint density at radius 2 is 1.83 bits per heavy atom. The van der Waals surface area contributed by atoms with Gasteiger partial charge in [0, 0.05) is 0 Å². The van der Waals surface area contributed by atoms with Crippen molar-refractivity contribution in [1.29, 1.82) is 0 Å². The normalized spacial score (nSPS) is 15.6. The van der Waals surface area contributed by atoms with Crippen molar-refractivity contribution in [3.8, 4) is 5.75 Å². The molecule has 0 fully saturated rings. The third kappa shape index (κ3) is 5.24. The van der Waals surface area contributed by atoms with E-state index in [1.807, 2.05) is 25.1 Å². The fourth-order valence-electron chi connectivity index (χ4n) is 3.85. The molecule has 10 heteroatoms. The molecule has 0 amide bonds. The van der Waals surface area contributed by atoms with Crippen LogP contribution in [-0.4, -0.2) is 23.8 Å². The van der Waals surface area contributed by atoms with Crippen LogP contribution in [0.15, 0.2) is 57.5 Å². The van der Waals surface area contributed by atoms with Crippen LogP contribution in [0.1, 0.15) is 37.9 Å². The van der Waals surface area contributed by atoms with Crippen LogP contribution in [0, 0.1) is 13.0 Å². The lowest BCUT2D eigenvalue weighted by atomic mass is 9.96. The van der Waals surface area contributed by atoms with Crippen molar-refractivity contribution >= 4 is 68.6 Å². The van der Waals surface area contributed by atoms with E-state index in [2.05, 4.69) is 50.2 Å². The molecule has 0 radical (unpaired) electrons. The lowest BCUT2D eigenvalue weighted by Crippen LogP contribution is -2.39. The van der Waals surface area contributed by atoms with Crippen molar-refractivity contribution < 1.29 is 18.7 Å².